The molecule has 5 heteroatoms. The lowest BCUT2D eigenvalue weighted by Crippen LogP contribution is -2.03. The molecule has 2 rings (SSSR count). The Labute approximate surface area is 105 Å². The van der Waals surface area contributed by atoms with Gasteiger partial charge in [0.25, 0.3) is 10.1 Å². The summed E-state index contributed by atoms with van der Waals surface area (Å²) >= 11 is 6.06. The smallest absolute Gasteiger partial charge is 0.264 e. The van der Waals surface area contributed by atoms with Gasteiger partial charge in [-0.1, -0.05) is 41.9 Å². The van der Waals surface area contributed by atoms with Crippen molar-refractivity contribution in [1.82, 2.24) is 0 Å². The molecule has 0 radical (unpaired) electrons. The topological polar surface area (TPSA) is 43.4 Å². The number of rotatable bonds is 3. The van der Waals surface area contributed by atoms with Gasteiger partial charge in [0.1, 0.15) is 0 Å². The SMILES string of the molecule is CS(=O)(=O)OCc1c(Cl)ccc2ccccc12. The zero-order valence-electron chi connectivity index (χ0n) is 9.18. The summed E-state index contributed by atoms with van der Waals surface area (Å²) in [6.07, 6.45) is 1.02. The van der Waals surface area contributed by atoms with Crippen molar-refractivity contribution < 1.29 is 12.6 Å². The molecule has 0 saturated carbocycles. The predicted octanol–water partition coefficient (Wildman–Crippen LogP) is 2.97. The van der Waals surface area contributed by atoms with Crippen molar-refractivity contribution >= 4 is 32.5 Å². The Morgan fingerprint density at radius 3 is 2.59 bits per heavy atom. The van der Waals surface area contributed by atoms with Gasteiger partial charge in [0.2, 0.25) is 0 Å². The highest BCUT2D eigenvalue weighted by atomic mass is 35.5. The van der Waals surface area contributed by atoms with E-state index in [-0.39, 0.29) is 6.61 Å². The van der Waals surface area contributed by atoms with Gasteiger partial charge in [-0.15, -0.1) is 0 Å². The highest BCUT2D eigenvalue weighted by Crippen LogP contribution is 2.27. The molecule has 90 valence electrons. The van der Waals surface area contributed by atoms with Crippen LogP contribution in [-0.2, 0) is 20.9 Å². The molecule has 2 aromatic carbocycles. The van der Waals surface area contributed by atoms with Crippen molar-refractivity contribution in [2.24, 2.45) is 0 Å². The van der Waals surface area contributed by atoms with E-state index in [1.807, 2.05) is 30.3 Å². The van der Waals surface area contributed by atoms with E-state index in [0.717, 1.165) is 17.0 Å². The summed E-state index contributed by atoms with van der Waals surface area (Å²) in [5.74, 6) is 0. The molecule has 0 saturated heterocycles. The van der Waals surface area contributed by atoms with Gasteiger partial charge in [-0.2, -0.15) is 8.42 Å². The fourth-order valence-electron chi connectivity index (χ4n) is 1.62. The van der Waals surface area contributed by atoms with Crippen LogP contribution in [0.2, 0.25) is 5.02 Å². The minimum Gasteiger partial charge on any atom is -0.265 e. The minimum atomic E-state index is -3.47. The van der Waals surface area contributed by atoms with E-state index in [0.29, 0.717) is 10.6 Å². The molecule has 3 nitrogen and oxygen atoms in total. The second-order valence-corrected chi connectivity index (χ2v) is 5.76. The average molecular weight is 271 g/mol. The van der Waals surface area contributed by atoms with Crippen LogP contribution in [0, 0.1) is 0 Å². The summed E-state index contributed by atoms with van der Waals surface area (Å²) in [4.78, 5) is 0. The van der Waals surface area contributed by atoms with E-state index in [2.05, 4.69) is 0 Å². The lowest BCUT2D eigenvalue weighted by molar-refractivity contribution is 0.313. The zero-order chi connectivity index (χ0) is 12.5. The fraction of sp³-hybridized carbons (Fsp3) is 0.167. The van der Waals surface area contributed by atoms with Gasteiger partial charge in [0, 0.05) is 10.6 Å². The van der Waals surface area contributed by atoms with Gasteiger partial charge in [0.15, 0.2) is 0 Å². The van der Waals surface area contributed by atoms with Gasteiger partial charge in [-0.25, -0.2) is 0 Å². The quantitative estimate of drug-likeness (QED) is 0.806. The van der Waals surface area contributed by atoms with Crippen molar-refractivity contribution in [3.05, 3.63) is 47.0 Å². The van der Waals surface area contributed by atoms with Gasteiger partial charge in [-0.3, -0.25) is 4.18 Å². The molecule has 0 fully saturated rings. The first-order valence-electron chi connectivity index (χ1n) is 4.98. The first kappa shape index (κ1) is 12.4. The van der Waals surface area contributed by atoms with Crippen molar-refractivity contribution in [2.75, 3.05) is 6.26 Å². The maximum absolute atomic E-state index is 11.0. The summed E-state index contributed by atoms with van der Waals surface area (Å²) in [6, 6.07) is 11.3. The third-order valence-electron chi connectivity index (χ3n) is 2.40. The van der Waals surface area contributed by atoms with Crippen molar-refractivity contribution in [3.63, 3.8) is 0 Å². The van der Waals surface area contributed by atoms with Crippen LogP contribution in [0.5, 0.6) is 0 Å². The average Bonchev–Trinajstić information content (AvgIpc) is 2.26. The maximum atomic E-state index is 11.0. The van der Waals surface area contributed by atoms with E-state index >= 15 is 0 Å². The van der Waals surface area contributed by atoms with E-state index < -0.39 is 10.1 Å². The molecule has 0 aliphatic heterocycles. The number of halogens is 1. The first-order valence-corrected chi connectivity index (χ1v) is 7.17. The van der Waals surface area contributed by atoms with Crippen LogP contribution in [0.1, 0.15) is 5.56 Å². The molecule has 0 bridgehead atoms. The lowest BCUT2D eigenvalue weighted by Gasteiger charge is -2.08. The van der Waals surface area contributed by atoms with Crippen molar-refractivity contribution in [2.45, 2.75) is 6.61 Å². The highest BCUT2D eigenvalue weighted by Gasteiger charge is 2.09. The Bertz CT molecular complexity index is 650. The van der Waals surface area contributed by atoms with Crippen LogP contribution < -0.4 is 0 Å². The summed E-state index contributed by atoms with van der Waals surface area (Å²) in [5.41, 5.74) is 0.690. The number of benzene rings is 2. The summed E-state index contributed by atoms with van der Waals surface area (Å²) in [7, 11) is -3.47. The molecule has 0 N–H and O–H groups in total. The number of fused-ring (bicyclic) bond motifs is 1. The van der Waals surface area contributed by atoms with Gasteiger partial charge < -0.3 is 0 Å². The summed E-state index contributed by atoms with van der Waals surface area (Å²) < 4.78 is 26.8. The number of hydrogen-bond donors (Lipinski definition) is 0. The molecule has 0 heterocycles. The van der Waals surface area contributed by atoms with Crippen LogP contribution in [-0.4, -0.2) is 14.7 Å². The lowest BCUT2D eigenvalue weighted by atomic mass is 10.1. The van der Waals surface area contributed by atoms with E-state index in [1.54, 1.807) is 6.07 Å². The van der Waals surface area contributed by atoms with Gasteiger partial charge in [0.05, 0.1) is 12.9 Å². The first-order chi connectivity index (χ1) is 7.97. The van der Waals surface area contributed by atoms with E-state index in [1.165, 1.54) is 0 Å². The predicted molar refractivity (Wildman–Crippen MR) is 68.6 cm³/mol. The monoisotopic (exact) mass is 270 g/mol. The van der Waals surface area contributed by atoms with Crippen LogP contribution in [0.15, 0.2) is 36.4 Å². The molecule has 0 aromatic heterocycles. The third-order valence-corrected chi connectivity index (χ3v) is 3.30. The molecule has 2 aromatic rings. The van der Waals surface area contributed by atoms with Gasteiger partial charge in [-0.05, 0) is 16.8 Å². The Morgan fingerprint density at radius 2 is 1.88 bits per heavy atom. The van der Waals surface area contributed by atoms with E-state index in [9.17, 15) is 8.42 Å². The van der Waals surface area contributed by atoms with Gasteiger partial charge >= 0.3 is 0 Å². The molecule has 0 unspecified atom stereocenters. The van der Waals surface area contributed by atoms with Crippen LogP contribution >= 0.6 is 11.6 Å². The van der Waals surface area contributed by atoms with Crippen LogP contribution in [0.3, 0.4) is 0 Å². The Balaban J connectivity index is 2.48. The summed E-state index contributed by atoms with van der Waals surface area (Å²) in [6.45, 7) is -0.0426. The van der Waals surface area contributed by atoms with Crippen molar-refractivity contribution in [1.29, 1.82) is 0 Å². The Morgan fingerprint density at radius 1 is 1.18 bits per heavy atom. The molecular formula is C12H11ClO3S. The number of hydrogen-bond acceptors (Lipinski definition) is 3. The molecule has 0 aliphatic rings. The van der Waals surface area contributed by atoms with E-state index in [4.69, 9.17) is 15.8 Å². The maximum Gasteiger partial charge on any atom is 0.264 e. The summed E-state index contributed by atoms with van der Waals surface area (Å²) in [5, 5.41) is 2.42. The van der Waals surface area contributed by atoms with Crippen LogP contribution in [0.4, 0.5) is 0 Å². The van der Waals surface area contributed by atoms with Crippen molar-refractivity contribution in [3.8, 4) is 0 Å². The largest absolute Gasteiger partial charge is 0.265 e. The Hall–Kier alpha value is -1.10. The standard InChI is InChI=1S/C12H11ClO3S/c1-17(14,15)16-8-11-10-5-3-2-4-9(10)6-7-12(11)13/h2-7H,8H2,1H3. The normalized spacial score (nSPS) is 11.9. The second kappa shape index (κ2) is 4.64. The molecular weight excluding hydrogens is 260 g/mol. The minimum absolute atomic E-state index is 0.0426. The zero-order valence-corrected chi connectivity index (χ0v) is 10.8. The molecule has 0 spiro atoms. The highest BCUT2D eigenvalue weighted by molar-refractivity contribution is 7.85. The molecule has 0 atom stereocenters. The third kappa shape index (κ3) is 2.97. The van der Waals surface area contributed by atoms with Crippen LogP contribution in [0.25, 0.3) is 10.8 Å². The molecule has 17 heavy (non-hydrogen) atoms. The molecule has 0 aliphatic carbocycles. The molecule has 0 amide bonds. The second-order valence-electron chi connectivity index (χ2n) is 3.71. The fourth-order valence-corrected chi connectivity index (χ4v) is 2.17. The Kier molecular flexibility index (Phi) is 3.38.